The quantitative estimate of drug-likeness (QED) is 0.440. The number of aromatic nitrogens is 2. The molecule has 33 heavy (non-hydrogen) atoms. The van der Waals surface area contributed by atoms with E-state index in [2.05, 4.69) is 10.3 Å². The maximum Gasteiger partial charge on any atom is 0.270 e. The van der Waals surface area contributed by atoms with Gasteiger partial charge in [-0.25, -0.2) is 18.2 Å². The lowest BCUT2D eigenvalue weighted by Gasteiger charge is -2.17. The van der Waals surface area contributed by atoms with Gasteiger partial charge in [-0.2, -0.15) is 0 Å². The molecule has 4 rings (SSSR count). The van der Waals surface area contributed by atoms with Gasteiger partial charge in [-0.05, 0) is 48.9 Å². The number of aliphatic hydroxyl groups excluding tert-OH is 1. The highest BCUT2D eigenvalue weighted by molar-refractivity contribution is 5.95. The lowest BCUT2D eigenvalue weighted by atomic mass is 10.1. The summed E-state index contributed by atoms with van der Waals surface area (Å²) in [6, 6.07) is 11.4. The fourth-order valence-corrected chi connectivity index (χ4v) is 3.52. The van der Waals surface area contributed by atoms with E-state index in [1.54, 1.807) is 25.3 Å². The van der Waals surface area contributed by atoms with Crippen molar-refractivity contribution in [2.24, 2.45) is 0 Å². The number of benzene rings is 2. The average Bonchev–Trinajstić information content (AvgIpc) is 3.14. The van der Waals surface area contributed by atoms with Crippen LogP contribution in [0.15, 0.2) is 60.8 Å². The largest absolute Gasteiger partial charge is 0.485 e. The van der Waals surface area contributed by atoms with Gasteiger partial charge in [0.1, 0.15) is 29.8 Å². The minimum Gasteiger partial charge on any atom is -0.485 e. The van der Waals surface area contributed by atoms with Crippen molar-refractivity contribution in [3.8, 4) is 5.75 Å². The number of imidazole rings is 1. The number of carbonyl (C=O) groups excluding carboxylic acids is 1. The molecule has 0 saturated heterocycles. The van der Waals surface area contributed by atoms with Crippen LogP contribution in [0.3, 0.4) is 0 Å². The van der Waals surface area contributed by atoms with E-state index in [0.717, 1.165) is 12.1 Å². The normalized spacial score (nSPS) is 12.0. The van der Waals surface area contributed by atoms with E-state index in [-0.39, 0.29) is 23.6 Å². The number of halogens is 3. The second-order valence-corrected chi connectivity index (χ2v) is 7.36. The topological polar surface area (TPSA) is 75.9 Å². The minimum atomic E-state index is -0.758. The predicted octanol–water partition coefficient (Wildman–Crippen LogP) is 4.10. The second-order valence-electron chi connectivity index (χ2n) is 7.36. The van der Waals surface area contributed by atoms with Crippen LogP contribution < -0.4 is 10.1 Å². The van der Waals surface area contributed by atoms with Crippen molar-refractivity contribution >= 4 is 11.6 Å². The summed E-state index contributed by atoms with van der Waals surface area (Å²) in [5.41, 5.74) is 1.20. The zero-order chi connectivity index (χ0) is 23.5. The number of rotatable bonds is 7. The molecule has 2 N–H and O–H groups in total. The Kier molecular flexibility index (Phi) is 6.32. The van der Waals surface area contributed by atoms with Crippen LogP contribution in [-0.4, -0.2) is 27.0 Å². The third kappa shape index (κ3) is 4.54. The van der Waals surface area contributed by atoms with Gasteiger partial charge in [0.2, 0.25) is 0 Å². The molecule has 4 aromatic rings. The molecular formula is C24H20F3N3O3. The van der Waals surface area contributed by atoms with Crippen molar-refractivity contribution in [3.63, 3.8) is 0 Å². The van der Waals surface area contributed by atoms with E-state index in [0.29, 0.717) is 16.9 Å². The standard InChI is InChI=1S/C24H20F3N3O3/c1-14-22(24(32)29-20(12-31)15-7-9-16(25)10-8-15)30-11-3-6-21(23(30)28-14)33-13-17-18(26)4-2-5-19(17)27/h2-11,20,31H,12-13H2,1H3,(H,29,32)/t20-/m0/s1. The zero-order valence-electron chi connectivity index (χ0n) is 17.6. The number of nitrogens with one attached hydrogen (secondary N) is 1. The molecule has 2 heterocycles. The van der Waals surface area contributed by atoms with Crippen LogP contribution in [-0.2, 0) is 6.61 Å². The van der Waals surface area contributed by atoms with Gasteiger partial charge in [0.25, 0.3) is 5.91 Å². The number of carbonyl (C=O) groups is 1. The van der Waals surface area contributed by atoms with Crippen molar-refractivity contribution in [3.05, 3.63) is 101 Å². The number of amides is 1. The Bertz CT molecular complexity index is 1290. The first-order valence-electron chi connectivity index (χ1n) is 10.1. The van der Waals surface area contributed by atoms with E-state index >= 15 is 0 Å². The van der Waals surface area contributed by atoms with Gasteiger partial charge in [-0.15, -0.1) is 0 Å². The Morgan fingerprint density at radius 1 is 1.09 bits per heavy atom. The molecule has 1 amide bonds. The average molecular weight is 455 g/mol. The molecule has 9 heteroatoms. The van der Waals surface area contributed by atoms with Crippen molar-refractivity contribution in [2.75, 3.05) is 6.61 Å². The molecule has 6 nitrogen and oxygen atoms in total. The van der Waals surface area contributed by atoms with Gasteiger partial charge in [0.05, 0.1) is 23.9 Å². The van der Waals surface area contributed by atoms with Crippen LogP contribution in [0.5, 0.6) is 5.75 Å². The van der Waals surface area contributed by atoms with Gasteiger partial charge in [-0.3, -0.25) is 9.20 Å². The Balaban J connectivity index is 1.60. The number of aryl methyl sites for hydroxylation is 1. The lowest BCUT2D eigenvalue weighted by molar-refractivity contribution is 0.0909. The van der Waals surface area contributed by atoms with E-state index in [4.69, 9.17) is 4.74 Å². The fraction of sp³-hybridized carbons (Fsp3) is 0.167. The van der Waals surface area contributed by atoms with E-state index in [9.17, 15) is 23.1 Å². The molecule has 0 aliphatic carbocycles. The second kappa shape index (κ2) is 9.33. The van der Waals surface area contributed by atoms with E-state index in [1.165, 1.54) is 34.7 Å². The summed E-state index contributed by atoms with van der Waals surface area (Å²) in [6.45, 7) is 0.882. The number of hydrogen-bond donors (Lipinski definition) is 2. The van der Waals surface area contributed by atoms with Gasteiger partial charge >= 0.3 is 0 Å². The molecule has 2 aromatic heterocycles. The Labute approximate surface area is 187 Å². The van der Waals surface area contributed by atoms with Crippen molar-refractivity contribution in [1.29, 1.82) is 0 Å². The maximum atomic E-state index is 13.9. The molecule has 0 unspecified atom stereocenters. The van der Waals surface area contributed by atoms with Gasteiger partial charge in [0.15, 0.2) is 11.4 Å². The van der Waals surface area contributed by atoms with Gasteiger partial charge < -0.3 is 15.2 Å². The molecule has 0 aliphatic rings. The molecule has 0 radical (unpaired) electrons. The minimum absolute atomic E-state index is 0.202. The molecule has 0 aliphatic heterocycles. The van der Waals surface area contributed by atoms with Crippen LogP contribution >= 0.6 is 0 Å². The van der Waals surface area contributed by atoms with Gasteiger partial charge in [0, 0.05) is 6.20 Å². The monoisotopic (exact) mass is 455 g/mol. The maximum absolute atomic E-state index is 13.9. The number of hydrogen-bond acceptors (Lipinski definition) is 4. The number of pyridine rings is 1. The first kappa shape index (κ1) is 22.3. The van der Waals surface area contributed by atoms with Crippen LogP contribution in [0, 0.1) is 24.4 Å². The number of ether oxygens (including phenoxy) is 1. The summed E-state index contributed by atoms with van der Waals surface area (Å²) < 4.78 is 48.2. The Morgan fingerprint density at radius 3 is 2.45 bits per heavy atom. The van der Waals surface area contributed by atoms with Crippen LogP contribution in [0.25, 0.3) is 5.65 Å². The third-order valence-electron chi connectivity index (χ3n) is 5.20. The number of nitrogens with zero attached hydrogens (tertiary/aromatic N) is 2. The molecule has 0 spiro atoms. The van der Waals surface area contributed by atoms with E-state index < -0.39 is 36.0 Å². The molecule has 0 bridgehead atoms. The van der Waals surface area contributed by atoms with Crippen LogP contribution in [0.1, 0.15) is 33.4 Å². The summed E-state index contributed by atoms with van der Waals surface area (Å²) in [6.07, 6.45) is 1.60. The number of aliphatic hydroxyl groups is 1. The summed E-state index contributed by atoms with van der Waals surface area (Å²) in [5, 5.41) is 12.5. The first-order chi connectivity index (χ1) is 15.9. The first-order valence-corrected chi connectivity index (χ1v) is 10.1. The third-order valence-corrected chi connectivity index (χ3v) is 5.20. The van der Waals surface area contributed by atoms with Gasteiger partial charge in [-0.1, -0.05) is 18.2 Å². The molecule has 170 valence electrons. The highest BCUT2D eigenvalue weighted by Gasteiger charge is 2.22. The summed E-state index contributed by atoms with van der Waals surface area (Å²) in [4.78, 5) is 17.4. The van der Waals surface area contributed by atoms with E-state index in [1.807, 2.05) is 0 Å². The Morgan fingerprint density at radius 2 is 1.79 bits per heavy atom. The van der Waals surface area contributed by atoms with Crippen LogP contribution in [0.4, 0.5) is 13.2 Å². The molecular weight excluding hydrogens is 435 g/mol. The van der Waals surface area contributed by atoms with Crippen molar-refractivity contribution in [1.82, 2.24) is 14.7 Å². The molecule has 2 aromatic carbocycles. The SMILES string of the molecule is Cc1nc2c(OCc3c(F)cccc3F)cccn2c1C(=O)N[C@@H](CO)c1ccc(F)cc1. The molecule has 1 atom stereocenters. The van der Waals surface area contributed by atoms with Crippen LogP contribution in [0.2, 0.25) is 0 Å². The van der Waals surface area contributed by atoms with Crippen molar-refractivity contribution < 1.29 is 27.8 Å². The molecule has 0 fully saturated rings. The zero-order valence-corrected chi connectivity index (χ0v) is 17.6. The Hall–Kier alpha value is -3.85. The highest BCUT2D eigenvalue weighted by atomic mass is 19.1. The molecule has 0 saturated carbocycles. The summed E-state index contributed by atoms with van der Waals surface area (Å²) in [5.74, 6) is -2.16. The fourth-order valence-electron chi connectivity index (χ4n) is 3.52. The number of fused-ring (bicyclic) bond motifs is 1. The van der Waals surface area contributed by atoms with Crippen molar-refractivity contribution in [2.45, 2.75) is 19.6 Å². The lowest BCUT2D eigenvalue weighted by Crippen LogP contribution is -2.32. The highest BCUT2D eigenvalue weighted by Crippen LogP contribution is 2.25. The predicted molar refractivity (Wildman–Crippen MR) is 114 cm³/mol. The summed E-state index contributed by atoms with van der Waals surface area (Å²) in [7, 11) is 0. The smallest absolute Gasteiger partial charge is 0.270 e. The summed E-state index contributed by atoms with van der Waals surface area (Å²) >= 11 is 0.